The number of nitrogens with zero attached hydrogens (tertiary/aromatic N) is 3. The van der Waals surface area contributed by atoms with E-state index >= 15 is 0 Å². The standard InChI is InChI=1S/C15H11F6N3/c16-10-2-1-8(12(17)13(10)18)6-24-4-3-11-9(7-24)5-22-14(23-11)15(19,20)21/h1-2,5H,3-4,6-7H2. The summed E-state index contributed by atoms with van der Waals surface area (Å²) in [5.41, 5.74) is 0.766. The van der Waals surface area contributed by atoms with Gasteiger partial charge >= 0.3 is 6.18 Å². The molecule has 1 aromatic carbocycles. The summed E-state index contributed by atoms with van der Waals surface area (Å²) in [6.07, 6.45) is -3.29. The lowest BCUT2D eigenvalue weighted by Crippen LogP contribution is -2.32. The quantitative estimate of drug-likeness (QED) is 0.615. The van der Waals surface area contributed by atoms with Crippen molar-refractivity contribution in [3.63, 3.8) is 0 Å². The molecule has 0 radical (unpaired) electrons. The SMILES string of the molecule is Fc1ccc(CN2CCc3nc(C(F)(F)F)ncc3C2)c(F)c1F. The summed E-state index contributed by atoms with van der Waals surface area (Å²) in [6, 6.07) is 1.98. The molecule has 0 fully saturated rings. The highest BCUT2D eigenvalue weighted by atomic mass is 19.4. The number of alkyl halides is 3. The van der Waals surface area contributed by atoms with E-state index in [0.29, 0.717) is 17.8 Å². The minimum absolute atomic E-state index is 0.00347. The Bertz CT molecular complexity index is 775. The number of hydrogen-bond donors (Lipinski definition) is 0. The molecular formula is C15H11F6N3. The molecule has 0 N–H and O–H groups in total. The highest BCUT2D eigenvalue weighted by Gasteiger charge is 2.35. The van der Waals surface area contributed by atoms with E-state index < -0.39 is 29.5 Å². The van der Waals surface area contributed by atoms with Gasteiger partial charge in [0.2, 0.25) is 5.82 Å². The van der Waals surface area contributed by atoms with Crippen molar-refractivity contribution in [2.24, 2.45) is 0 Å². The Kier molecular flexibility index (Phi) is 4.20. The average Bonchev–Trinajstić information content (AvgIpc) is 2.54. The summed E-state index contributed by atoms with van der Waals surface area (Å²) in [6.45, 7) is 0.523. The van der Waals surface area contributed by atoms with Gasteiger partial charge in [-0.05, 0) is 6.07 Å². The van der Waals surface area contributed by atoms with Crippen molar-refractivity contribution in [2.75, 3.05) is 6.54 Å². The monoisotopic (exact) mass is 347 g/mol. The van der Waals surface area contributed by atoms with Crippen LogP contribution in [0.1, 0.15) is 22.6 Å². The Hall–Kier alpha value is -2.16. The second-order valence-electron chi connectivity index (χ2n) is 5.46. The highest BCUT2D eigenvalue weighted by molar-refractivity contribution is 5.23. The van der Waals surface area contributed by atoms with Crippen LogP contribution < -0.4 is 0 Å². The molecule has 128 valence electrons. The number of aromatic nitrogens is 2. The summed E-state index contributed by atoms with van der Waals surface area (Å²) >= 11 is 0. The minimum Gasteiger partial charge on any atom is -0.294 e. The van der Waals surface area contributed by atoms with Crippen molar-refractivity contribution in [1.82, 2.24) is 14.9 Å². The van der Waals surface area contributed by atoms with Crippen LogP contribution in [0.15, 0.2) is 18.3 Å². The van der Waals surface area contributed by atoms with Crippen molar-refractivity contribution in [1.29, 1.82) is 0 Å². The Morgan fingerprint density at radius 1 is 1.08 bits per heavy atom. The predicted molar refractivity (Wildman–Crippen MR) is 71.2 cm³/mol. The first-order valence-corrected chi connectivity index (χ1v) is 7.02. The number of rotatable bonds is 2. The zero-order valence-corrected chi connectivity index (χ0v) is 12.2. The van der Waals surface area contributed by atoms with E-state index in [1.165, 1.54) is 0 Å². The fourth-order valence-corrected chi connectivity index (χ4v) is 2.58. The zero-order valence-electron chi connectivity index (χ0n) is 12.2. The lowest BCUT2D eigenvalue weighted by molar-refractivity contribution is -0.145. The molecular weight excluding hydrogens is 336 g/mol. The Labute approximate surface area is 132 Å². The molecule has 0 bridgehead atoms. The van der Waals surface area contributed by atoms with Crippen molar-refractivity contribution in [2.45, 2.75) is 25.7 Å². The van der Waals surface area contributed by atoms with Crippen LogP contribution in [-0.4, -0.2) is 21.4 Å². The fraction of sp³-hybridized carbons (Fsp3) is 0.333. The highest BCUT2D eigenvalue weighted by Crippen LogP contribution is 2.28. The molecule has 1 aliphatic rings. The molecule has 9 heteroatoms. The Balaban J connectivity index is 1.78. The van der Waals surface area contributed by atoms with Gasteiger partial charge in [-0.15, -0.1) is 0 Å². The largest absolute Gasteiger partial charge is 0.451 e. The zero-order chi connectivity index (χ0) is 17.5. The van der Waals surface area contributed by atoms with E-state index in [0.717, 1.165) is 18.3 Å². The maximum atomic E-state index is 13.7. The van der Waals surface area contributed by atoms with Crippen LogP contribution in [0.3, 0.4) is 0 Å². The van der Waals surface area contributed by atoms with E-state index in [-0.39, 0.29) is 25.1 Å². The van der Waals surface area contributed by atoms with Crippen molar-refractivity contribution < 1.29 is 26.3 Å². The van der Waals surface area contributed by atoms with Gasteiger partial charge in [-0.25, -0.2) is 23.1 Å². The maximum absolute atomic E-state index is 13.7. The third-order valence-corrected chi connectivity index (χ3v) is 3.78. The van der Waals surface area contributed by atoms with Gasteiger partial charge in [0.05, 0.1) is 5.69 Å². The smallest absolute Gasteiger partial charge is 0.294 e. The van der Waals surface area contributed by atoms with Crippen LogP contribution in [0.5, 0.6) is 0 Å². The van der Waals surface area contributed by atoms with E-state index in [4.69, 9.17) is 0 Å². The maximum Gasteiger partial charge on any atom is 0.451 e. The van der Waals surface area contributed by atoms with Gasteiger partial charge in [0.25, 0.3) is 0 Å². The second kappa shape index (κ2) is 6.04. The van der Waals surface area contributed by atoms with Gasteiger partial charge in [0.15, 0.2) is 17.5 Å². The molecule has 3 rings (SSSR count). The molecule has 0 aliphatic carbocycles. The molecule has 0 amide bonds. The van der Waals surface area contributed by atoms with Crippen LogP contribution in [-0.2, 0) is 25.7 Å². The van der Waals surface area contributed by atoms with Gasteiger partial charge in [0.1, 0.15) is 0 Å². The molecule has 0 unspecified atom stereocenters. The van der Waals surface area contributed by atoms with Crippen molar-refractivity contribution in [3.8, 4) is 0 Å². The normalized spacial score (nSPS) is 15.4. The number of fused-ring (bicyclic) bond motifs is 1. The predicted octanol–water partition coefficient (Wildman–Crippen LogP) is 3.47. The van der Waals surface area contributed by atoms with Crippen LogP contribution >= 0.6 is 0 Å². The van der Waals surface area contributed by atoms with Crippen LogP contribution in [0.25, 0.3) is 0 Å². The second-order valence-corrected chi connectivity index (χ2v) is 5.46. The first-order valence-electron chi connectivity index (χ1n) is 7.02. The number of benzene rings is 1. The van der Waals surface area contributed by atoms with Gasteiger partial charge in [-0.3, -0.25) is 4.90 Å². The molecule has 0 atom stereocenters. The number of hydrogen-bond acceptors (Lipinski definition) is 3. The minimum atomic E-state index is -4.61. The van der Waals surface area contributed by atoms with Crippen LogP contribution in [0, 0.1) is 17.5 Å². The lowest BCUT2D eigenvalue weighted by Gasteiger charge is -2.28. The van der Waals surface area contributed by atoms with Gasteiger partial charge < -0.3 is 0 Å². The average molecular weight is 347 g/mol. The fourth-order valence-electron chi connectivity index (χ4n) is 2.58. The topological polar surface area (TPSA) is 29.0 Å². The summed E-state index contributed by atoms with van der Waals surface area (Å²) in [4.78, 5) is 8.53. The van der Waals surface area contributed by atoms with E-state index in [2.05, 4.69) is 9.97 Å². The summed E-state index contributed by atoms with van der Waals surface area (Å²) in [5.74, 6) is -5.26. The lowest BCUT2D eigenvalue weighted by atomic mass is 10.1. The van der Waals surface area contributed by atoms with Crippen molar-refractivity contribution in [3.05, 3.63) is 58.4 Å². The third kappa shape index (κ3) is 3.21. The molecule has 2 aromatic rings. The first kappa shape index (κ1) is 16.7. The molecule has 0 saturated heterocycles. The van der Waals surface area contributed by atoms with Crippen LogP contribution in [0.2, 0.25) is 0 Å². The van der Waals surface area contributed by atoms with Crippen LogP contribution in [0.4, 0.5) is 26.3 Å². The van der Waals surface area contributed by atoms with Gasteiger partial charge in [-0.1, -0.05) is 6.07 Å². The van der Waals surface area contributed by atoms with E-state index in [1.54, 1.807) is 4.90 Å². The van der Waals surface area contributed by atoms with Crippen molar-refractivity contribution >= 4 is 0 Å². The Morgan fingerprint density at radius 3 is 2.54 bits per heavy atom. The molecule has 0 spiro atoms. The molecule has 3 nitrogen and oxygen atoms in total. The van der Waals surface area contributed by atoms with E-state index in [9.17, 15) is 26.3 Å². The van der Waals surface area contributed by atoms with Gasteiger partial charge in [-0.2, -0.15) is 13.2 Å². The molecule has 2 heterocycles. The molecule has 0 saturated carbocycles. The molecule has 1 aliphatic heterocycles. The van der Waals surface area contributed by atoms with Gasteiger partial charge in [0, 0.05) is 43.4 Å². The summed E-state index contributed by atoms with van der Waals surface area (Å²) in [5, 5.41) is 0. The third-order valence-electron chi connectivity index (χ3n) is 3.78. The Morgan fingerprint density at radius 2 is 1.83 bits per heavy atom. The summed E-state index contributed by atoms with van der Waals surface area (Å²) < 4.78 is 77.7. The molecule has 1 aromatic heterocycles. The number of halogens is 6. The van der Waals surface area contributed by atoms with E-state index in [1.807, 2.05) is 0 Å². The first-order chi connectivity index (χ1) is 11.3. The summed E-state index contributed by atoms with van der Waals surface area (Å²) in [7, 11) is 0. The molecule has 24 heavy (non-hydrogen) atoms.